The lowest BCUT2D eigenvalue weighted by Gasteiger charge is -2.11. The van der Waals surface area contributed by atoms with Gasteiger partial charge in [0.15, 0.2) is 0 Å². The summed E-state index contributed by atoms with van der Waals surface area (Å²) in [6.45, 7) is 5.74. The van der Waals surface area contributed by atoms with E-state index in [2.05, 4.69) is 35.1 Å². The van der Waals surface area contributed by atoms with Gasteiger partial charge in [0.1, 0.15) is 5.82 Å². The van der Waals surface area contributed by atoms with Crippen molar-refractivity contribution in [2.75, 3.05) is 5.32 Å². The summed E-state index contributed by atoms with van der Waals surface area (Å²) in [6, 6.07) is 9.28. The van der Waals surface area contributed by atoms with Gasteiger partial charge in [0.2, 0.25) is 0 Å². The lowest BCUT2D eigenvalue weighted by Crippen LogP contribution is -2.07. The van der Waals surface area contributed by atoms with Gasteiger partial charge in [-0.1, -0.05) is 6.92 Å². The van der Waals surface area contributed by atoms with E-state index in [1.54, 1.807) is 13.0 Å². The molecule has 0 amide bonds. The number of aryl methyl sites for hydroxylation is 2. The number of hydrogen-bond donors (Lipinski definition) is 1. The second-order valence-corrected chi connectivity index (χ2v) is 4.51. The Bertz CT molecular complexity index is 517. The Hall–Kier alpha value is -1.77. The second kappa shape index (κ2) is 5.71. The number of nitrogens with zero attached hydrogens (tertiary/aromatic N) is 1. The molecule has 0 aliphatic carbocycles. The molecular formula is C15H19FN2. The molecule has 3 heteroatoms. The van der Waals surface area contributed by atoms with Gasteiger partial charge < -0.3 is 9.88 Å². The van der Waals surface area contributed by atoms with Crippen molar-refractivity contribution in [1.82, 2.24) is 4.57 Å². The summed E-state index contributed by atoms with van der Waals surface area (Å²) in [5, 5.41) is 3.33. The minimum atomic E-state index is -0.157. The van der Waals surface area contributed by atoms with Crippen molar-refractivity contribution in [3.63, 3.8) is 0 Å². The van der Waals surface area contributed by atoms with Crippen molar-refractivity contribution in [3.8, 4) is 0 Å². The molecule has 0 bridgehead atoms. The third kappa shape index (κ3) is 2.92. The molecule has 1 heterocycles. The molecule has 96 valence electrons. The summed E-state index contributed by atoms with van der Waals surface area (Å²) in [7, 11) is 0. The van der Waals surface area contributed by atoms with E-state index in [4.69, 9.17) is 0 Å². The Balaban J connectivity index is 2.02. The molecule has 1 N–H and O–H groups in total. The molecule has 0 unspecified atom stereocenters. The number of benzene rings is 1. The molecule has 0 aliphatic rings. The number of hydrogen-bond acceptors (Lipinski definition) is 1. The smallest absolute Gasteiger partial charge is 0.126 e. The molecular weight excluding hydrogens is 227 g/mol. The third-order valence-electron chi connectivity index (χ3n) is 3.02. The summed E-state index contributed by atoms with van der Waals surface area (Å²) in [5.74, 6) is -0.157. The number of rotatable bonds is 5. The summed E-state index contributed by atoms with van der Waals surface area (Å²) in [5.41, 5.74) is 2.88. The standard InChI is InChI=1S/C15H19FN2/c1-3-8-18-9-4-5-14(18)11-17-13-6-7-15(16)12(2)10-13/h4-7,9-10,17H,3,8,11H2,1-2H3. The first-order valence-electron chi connectivity index (χ1n) is 6.34. The fourth-order valence-corrected chi connectivity index (χ4v) is 2.02. The topological polar surface area (TPSA) is 17.0 Å². The number of anilines is 1. The van der Waals surface area contributed by atoms with Crippen LogP contribution in [0, 0.1) is 12.7 Å². The van der Waals surface area contributed by atoms with E-state index in [1.165, 1.54) is 11.8 Å². The van der Waals surface area contributed by atoms with E-state index >= 15 is 0 Å². The van der Waals surface area contributed by atoms with E-state index in [-0.39, 0.29) is 5.82 Å². The summed E-state index contributed by atoms with van der Waals surface area (Å²) < 4.78 is 15.4. The SMILES string of the molecule is CCCn1cccc1CNc1ccc(F)c(C)c1. The Labute approximate surface area is 107 Å². The van der Waals surface area contributed by atoms with Crippen LogP contribution in [0.25, 0.3) is 0 Å². The van der Waals surface area contributed by atoms with E-state index in [9.17, 15) is 4.39 Å². The van der Waals surface area contributed by atoms with Gasteiger partial charge in [-0.2, -0.15) is 0 Å². The van der Waals surface area contributed by atoms with Gasteiger partial charge in [-0.05, 0) is 49.2 Å². The van der Waals surface area contributed by atoms with Crippen LogP contribution in [-0.2, 0) is 13.1 Å². The lowest BCUT2D eigenvalue weighted by molar-refractivity contribution is 0.618. The largest absolute Gasteiger partial charge is 0.379 e. The van der Waals surface area contributed by atoms with Gasteiger partial charge in [0.05, 0.1) is 6.54 Å². The van der Waals surface area contributed by atoms with Gasteiger partial charge in [-0.3, -0.25) is 0 Å². The van der Waals surface area contributed by atoms with Gasteiger partial charge >= 0.3 is 0 Å². The van der Waals surface area contributed by atoms with Crippen LogP contribution in [-0.4, -0.2) is 4.57 Å². The lowest BCUT2D eigenvalue weighted by atomic mass is 10.2. The first-order chi connectivity index (χ1) is 8.70. The highest BCUT2D eigenvalue weighted by molar-refractivity contribution is 5.46. The maximum Gasteiger partial charge on any atom is 0.126 e. The van der Waals surface area contributed by atoms with Crippen LogP contribution in [0.15, 0.2) is 36.5 Å². The van der Waals surface area contributed by atoms with Crippen LogP contribution in [0.4, 0.5) is 10.1 Å². The van der Waals surface area contributed by atoms with Crippen molar-refractivity contribution < 1.29 is 4.39 Å². The zero-order valence-corrected chi connectivity index (χ0v) is 10.9. The van der Waals surface area contributed by atoms with E-state index in [0.29, 0.717) is 5.56 Å². The molecule has 2 rings (SSSR count). The predicted molar refractivity (Wildman–Crippen MR) is 73.2 cm³/mol. The van der Waals surface area contributed by atoms with Crippen LogP contribution in [0.1, 0.15) is 24.6 Å². The fourth-order valence-electron chi connectivity index (χ4n) is 2.02. The Kier molecular flexibility index (Phi) is 4.03. The molecule has 0 radical (unpaired) electrons. The average molecular weight is 246 g/mol. The molecule has 0 saturated heterocycles. The number of aromatic nitrogens is 1. The van der Waals surface area contributed by atoms with Crippen molar-refractivity contribution in [2.45, 2.75) is 33.4 Å². The predicted octanol–water partition coefficient (Wildman–Crippen LogP) is 3.96. The average Bonchev–Trinajstić information content (AvgIpc) is 2.79. The maximum atomic E-state index is 13.1. The molecule has 0 spiro atoms. The second-order valence-electron chi connectivity index (χ2n) is 4.51. The molecule has 18 heavy (non-hydrogen) atoms. The monoisotopic (exact) mass is 246 g/mol. The van der Waals surface area contributed by atoms with E-state index in [1.807, 2.05) is 6.07 Å². The van der Waals surface area contributed by atoms with Gasteiger partial charge in [-0.25, -0.2) is 4.39 Å². The minimum absolute atomic E-state index is 0.157. The highest BCUT2D eigenvalue weighted by Crippen LogP contribution is 2.15. The van der Waals surface area contributed by atoms with Crippen LogP contribution in [0.2, 0.25) is 0 Å². The molecule has 0 saturated carbocycles. The molecule has 0 atom stereocenters. The molecule has 0 aliphatic heterocycles. The quantitative estimate of drug-likeness (QED) is 0.845. The minimum Gasteiger partial charge on any atom is -0.379 e. The van der Waals surface area contributed by atoms with Crippen LogP contribution in [0.3, 0.4) is 0 Å². The highest BCUT2D eigenvalue weighted by Gasteiger charge is 2.02. The Morgan fingerprint density at radius 2 is 2.11 bits per heavy atom. The number of nitrogens with one attached hydrogen (secondary N) is 1. The normalized spacial score (nSPS) is 10.6. The van der Waals surface area contributed by atoms with Crippen molar-refractivity contribution >= 4 is 5.69 Å². The zero-order valence-electron chi connectivity index (χ0n) is 10.9. The first-order valence-corrected chi connectivity index (χ1v) is 6.34. The molecule has 1 aromatic heterocycles. The summed E-state index contributed by atoms with van der Waals surface area (Å²) in [4.78, 5) is 0. The van der Waals surface area contributed by atoms with E-state index in [0.717, 1.165) is 25.2 Å². The summed E-state index contributed by atoms with van der Waals surface area (Å²) in [6.07, 6.45) is 3.22. The first kappa shape index (κ1) is 12.7. The Morgan fingerprint density at radius 1 is 1.28 bits per heavy atom. The van der Waals surface area contributed by atoms with Gasteiger partial charge in [0, 0.05) is 24.1 Å². The zero-order chi connectivity index (χ0) is 13.0. The van der Waals surface area contributed by atoms with Crippen molar-refractivity contribution in [2.24, 2.45) is 0 Å². The van der Waals surface area contributed by atoms with E-state index < -0.39 is 0 Å². The number of halogens is 1. The van der Waals surface area contributed by atoms with Crippen molar-refractivity contribution in [3.05, 3.63) is 53.6 Å². The van der Waals surface area contributed by atoms with Crippen molar-refractivity contribution in [1.29, 1.82) is 0 Å². The van der Waals surface area contributed by atoms with Crippen LogP contribution in [0.5, 0.6) is 0 Å². The van der Waals surface area contributed by atoms with Gasteiger partial charge in [0.25, 0.3) is 0 Å². The van der Waals surface area contributed by atoms with Crippen LogP contribution < -0.4 is 5.32 Å². The third-order valence-corrected chi connectivity index (χ3v) is 3.02. The fraction of sp³-hybridized carbons (Fsp3) is 0.333. The molecule has 0 fully saturated rings. The Morgan fingerprint density at radius 3 is 2.83 bits per heavy atom. The molecule has 2 nitrogen and oxygen atoms in total. The van der Waals surface area contributed by atoms with Crippen LogP contribution >= 0.6 is 0 Å². The highest BCUT2D eigenvalue weighted by atomic mass is 19.1. The maximum absolute atomic E-state index is 13.1. The molecule has 2 aromatic rings. The molecule has 1 aromatic carbocycles. The summed E-state index contributed by atoms with van der Waals surface area (Å²) >= 11 is 0. The van der Waals surface area contributed by atoms with Gasteiger partial charge in [-0.15, -0.1) is 0 Å².